The number of hydrogen-bond donors (Lipinski definition) is 1. The van der Waals surface area contributed by atoms with Crippen LogP contribution in [-0.2, 0) is 12.4 Å². The fourth-order valence-corrected chi connectivity index (χ4v) is 2.95. The molecule has 136 valence electrons. The molecule has 0 radical (unpaired) electrons. The molecule has 1 aromatic carbocycles. The minimum absolute atomic E-state index is 0.0114. The summed E-state index contributed by atoms with van der Waals surface area (Å²) >= 11 is 3.17. The highest BCUT2D eigenvalue weighted by Crippen LogP contribution is 2.36. The van der Waals surface area contributed by atoms with Gasteiger partial charge in [0.2, 0.25) is 0 Å². The molecule has 1 N–H and O–H groups in total. The fraction of sp³-hybridized carbons (Fsp3) is 0.533. The summed E-state index contributed by atoms with van der Waals surface area (Å²) in [5.41, 5.74) is -4.16. The van der Waals surface area contributed by atoms with Crippen LogP contribution in [0.3, 0.4) is 0 Å². The number of halogens is 7. The SMILES string of the molecule is CC(C)(C)[C@@H](CBr)NC(=O)c1cc(C(F)(F)F)cc(C(F)(F)F)c1. The van der Waals surface area contributed by atoms with Crippen LogP contribution in [0.1, 0.15) is 42.3 Å². The van der Waals surface area contributed by atoms with Crippen molar-refractivity contribution < 1.29 is 31.1 Å². The van der Waals surface area contributed by atoms with Gasteiger partial charge in [0.1, 0.15) is 0 Å². The van der Waals surface area contributed by atoms with Crippen molar-refractivity contribution in [1.29, 1.82) is 0 Å². The Kier molecular flexibility index (Phi) is 6.01. The number of nitrogens with one attached hydrogen (secondary N) is 1. The molecule has 0 spiro atoms. The van der Waals surface area contributed by atoms with Gasteiger partial charge in [-0.25, -0.2) is 0 Å². The Morgan fingerprint density at radius 2 is 1.42 bits per heavy atom. The van der Waals surface area contributed by atoms with E-state index in [0.717, 1.165) is 0 Å². The maximum absolute atomic E-state index is 12.8. The molecule has 1 atom stereocenters. The number of amides is 1. The van der Waals surface area contributed by atoms with E-state index >= 15 is 0 Å². The third-order valence-corrected chi connectivity index (χ3v) is 4.00. The van der Waals surface area contributed by atoms with E-state index in [1.54, 1.807) is 20.8 Å². The zero-order chi connectivity index (χ0) is 18.9. The molecule has 1 aromatic rings. The third kappa shape index (κ3) is 5.39. The lowest BCUT2D eigenvalue weighted by Gasteiger charge is -2.30. The van der Waals surface area contributed by atoms with Crippen molar-refractivity contribution >= 4 is 21.8 Å². The van der Waals surface area contributed by atoms with E-state index in [9.17, 15) is 31.1 Å². The lowest BCUT2D eigenvalue weighted by molar-refractivity contribution is -0.143. The van der Waals surface area contributed by atoms with Crippen molar-refractivity contribution in [2.24, 2.45) is 5.41 Å². The van der Waals surface area contributed by atoms with Crippen LogP contribution in [0.2, 0.25) is 0 Å². The first-order valence-corrected chi connectivity index (χ1v) is 7.94. The molecular weight excluding hydrogens is 404 g/mol. The van der Waals surface area contributed by atoms with Crippen molar-refractivity contribution in [3.8, 4) is 0 Å². The zero-order valence-corrected chi connectivity index (χ0v) is 14.7. The summed E-state index contributed by atoms with van der Waals surface area (Å²) in [5, 5.41) is 2.76. The molecular formula is C15H16BrF6NO. The smallest absolute Gasteiger partial charge is 0.348 e. The Hall–Kier alpha value is -1.25. The van der Waals surface area contributed by atoms with E-state index in [1.807, 2.05) is 0 Å². The Morgan fingerprint density at radius 3 is 1.71 bits per heavy atom. The van der Waals surface area contributed by atoms with E-state index < -0.39 is 46.4 Å². The number of rotatable bonds is 3. The van der Waals surface area contributed by atoms with E-state index in [1.165, 1.54) is 0 Å². The molecule has 0 fully saturated rings. The van der Waals surface area contributed by atoms with Gasteiger partial charge in [0.15, 0.2) is 0 Å². The molecule has 0 saturated heterocycles. The highest BCUT2D eigenvalue weighted by Gasteiger charge is 2.38. The second-order valence-corrected chi connectivity index (χ2v) is 6.99. The number of carbonyl (C=O) groups is 1. The largest absolute Gasteiger partial charge is 0.416 e. The first kappa shape index (κ1) is 20.8. The van der Waals surface area contributed by atoms with E-state index in [4.69, 9.17) is 0 Å². The Labute approximate surface area is 143 Å². The van der Waals surface area contributed by atoms with Crippen molar-refractivity contribution in [2.45, 2.75) is 39.2 Å². The summed E-state index contributed by atoms with van der Waals surface area (Å²) in [4.78, 5) is 12.2. The molecule has 2 nitrogen and oxygen atoms in total. The predicted molar refractivity (Wildman–Crippen MR) is 80.9 cm³/mol. The average Bonchev–Trinajstić information content (AvgIpc) is 2.40. The average molecular weight is 420 g/mol. The number of carbonyl (C=O) groups excluding carboxylic acids is 1. The fourth-order valence-electron chi connectivity index (χ4n) is 1.81. The second-order valence-electron chi connectivity index (χ2n) is 6.34. The third-order valence-electron chi connectivity index (χ3n) is 3.35. The minimum atomic E-state index is -4.99. The van der Waals surface area contributed by atoms with Gasteiger partial charge in [0, 0.05) is 16.9 Å². The summed E-state index contributed by atoms with van der Waals surface area (Å²) < 4.78 is 76.9. The first-order valence-electron chi connectivity index (χ1n) is 6.82. The van der Waals surface area contributed by atoms with Crippen LogP contribution in [0.15, 0.2) is 18.2 Å². The van der Waals surface area contributed by atoms with Crippen LogP contribution in [0.5, 0.6) is 0 Å². The minimum Gasteiger partial charge on any atom is -0.348 e. The standard InChI is InChI=1S/C15H16BrF6NO/c1-13(2,3)11(7-16)23-12(24)8-4-9(14(17,18)19)6-10(5-8)15(20,21)22/h4-6,11H,7H2,1-3H3,(H,23,24)/t11-/m1/s1. The number of alkyl halides is 7. The second kappa shape index (κ2) is 6.93. The van der Waals surface area contributed by atoms with Crippen LogP contribution in [-0.4, -0.2) is 17.3 Å². The highest BCUT2D eigenvalue weighted by atomic mass is 79.9. The van der Waals surface area contributed by atoms with Gasteiger partial charge in [-0.3, -0.25) is 4.79 Å². The molecule has 0 aromatic heterocycles. The van der Waals surface area contributed by atoms with Crippen molar-refractivity contribution in [3.63, 3.8) is 0 Å². The molecule has 0 saturated carbocycles. The quantitative estimate of drug-likeness (QED) is 0.525. The summed E-state index contributed by atoms with van der Waals surface area (Å²) in [6.45, 7) is 5.35. The van der Waals surface area contributed by atoms with Crippen molar-refractivity contribution in [3.05, 3.63) is 34.9 Å². The molecule has 9 heteroatoms. The summed E-state index contributed by atoms with van der Waals surface area (Å²) in [6.07, 6.45) is -9.98. The lowest BCUT2D eigenvalue weighted by atomic mass is 9.88. The van der Waals surface area contributed by atoms with Crippen molar-refractivity contribution in [2.75, 3.05) is 5.33 Å². The van der Waals surface area contributed by atoms with Gasteiger partial charge in [-0.15, -0.1) is 0 Å². The van der Waals surface area contributed by atoms with Gasteiger partial charge < -0.3 is 5.32 Å². The topological polar surface area (TPSA) is 29.1 Å². The first-order chi connectivity index (χ1) is 10.7. The number of benzene rings is 1. The highest BCUT2D eigenvalue weighted by molar-refractivity contribution is 9.09. The molecule has 0 unspecified atom stereocenters. The van der Waals surface area contributed by atoms with Gasteiger partial charge in [0.05, 0.1) is 11.1 Å². The lowest BCUT2D eigenvalue weighted by Crippen LogP contribution is -2.45. The molecule has 0 aliphatic rings. The van der Waals surface area contributed by atoms with Gasteiger partial charge in [0.25, 0.3) is 5.91 Å². The molecule has 1 rings (SSSR count). The molecule has 24 heavy (non-hydrogen) atoms. The molecule has 0 heterocycles. The zero-order valence-electron chi connectivity index (χ0n) is 13.1. The van der Waals surface area contributed by atoms with Gasteiger partial charge in [-0.1, -0.05) is 36.7 Å². The Bertz CT molecular complexity index is 571. The maximum atomic E-state index is 12.8. The monoisotopic (exact) mass is 419 g/mol. The summed E-state index contributed by atoms with van der Waals surface area (Å²) in [6, 6.07) is 0.341. The normalized spacial score (nSPS) is 14.4. The Balaban J connectivity index is 3.30. The molecule has 0 bridgehead atoms. The molecule has 0 aliphatic carbocycles. The van der Waals surface area contributed by atoms with Crippen molar-refractivity contribution in [1.82, 2.24) is 5.32 Å². The van der Waals surface area contributed by atoms with Crippen LogP contribution >= 0.6 is 15.9 Å². The Morgan fingerprint density at radius 1 is 1.00 bits per heavy atom. The van der Waals surface area contributed by atoms with Crippen LogP contribution in [0, 0.1) is 5.41 Å². The van der Waals surface area contributed by atoms with Crippen LogP contribution in [0.25, 0.3) is 0 Å². The van der Waals surface area contributed by atoms with Gasteiger partial charge in [-0.05, 0) is 23.6 Å². The van der Waals surface area contributed by atoms with Crippen LogP contribution < -0.4 is 5.32 Å². The summed E-state index contributed by atoms with van der Waals surface area (Å²) in [5.74, 6) is -0.994. The maximum Gasteiger partial charge on any atom is 0.416 e. The van der Waals surface area contributed by atoms with Gasteiger partial charge in [-0.2, -0.15) is 26.3 Å². The summed E-state index contributed by atoms with van der Waals surface area (Å²) in [7, 11) is 0. The molecule has 1 amide bonds. The van der Waals surface area contributed by atoms with Gasteiger partial charge >= 0.3 is 12.4 Å². The van der Waals surface area contributed by atoms with E-state index in [0.29, 0.717) is 17.5 Å². The van der Waals surface area contributed by atoms with E-state index in [2.05, 4.69) is 21.2 Å². The van der Waals surface area contributed by atoms with Crippen LogP contribution in [0.4, 0.5) is 26.3 Å². The molecule has 0 aliphatic heterocycles. The van der Waals surface area contributed by atoms with E-state index in [-0.39, 0.29) is 6.07 Å². The number of hydrogen-bond acceptors (Lipinski definition) is 1. The predicted octanol–water partition coefficient (Wildman–Crippen LogP) is 5.26.